The number of nitrogens with one attached hydrogen (secondary N) is 1. The summed E-state index contributed by atoms with van der Waals surface area (Å²) in [5.74, 6) is 0.699. The first-order valence-electron chi connectivity index (χ1n) is 9.04. The van der Waals surface area contributed by atoms with E-state index in [9.17, 15) is 9.59 Å². The van der Waals surface area contributed by atoms with Crippen LogP contribution in [0.5, 0.6) is 5.75 Å². The number of benzene rings is 1. The second-order valence-corrected chi connectivity index (χ2v) is 7.66. The standard InChI is InChI=1S/C20H30N2O3/c1-20(2,3)19(24)21-14-18(23)22-13-7-5-6-8-17(22)15-9-11-16(25-4)12-10-15/h9-12,17H,5-8,13-14H2,1-4H3,(H,21,24). The molecule has 0 bridgehead atoms. The highest BCUT2D eigenvalue weighted by Gasteiger charge is 2.28. The lowest BCUT2D eigenvalue weighted by Gasteiger charge is -2.31. The molecule has 2 rings (SSSR count). The van der Waals surface area contributed by atoms with E-state index < -0.39 is 5.41 Å². The molecule has 1 N–H and O–H groups in total. The van der Waals surface area contributed by atoms with Crippen LogP contribution in [0.25, 0.3) is 0 Å². The van der Waals surface area contributed by atoms with Gasteiger partial charge in [0.15, 0.2) is 0 Å². The Kier molecular flexibility index (Phi) is 6.45. The lowest BCUT2D eigenvalue weighted by atomic mass is 9.96. The lowest BCUT2D eigenvalue weighted by Crippen LogP contribution is -2.44. The number of methoxy groups -OCH3 is 1. The molecular weight excluding hydrogens is 316 g/mol. The van der Waals surface area contributed by atoms with E-state index in [1.54, 1.807) is 7.11 Å². The zero-order valence-electron chi connectivity index (χ0n) is 15.8. The summed E-state index contributed by atoms with van der Waals surface area (Å²) in [6, 6.07) is 7.99. The fourth-order valence-electron chi connectivity index (χ4n) is 3.10. The predicted octanol–water partition coefficient (Wildman–Crippen LogP) is 3.30. The van der Waals surface area contributed by atoms with Gasteiger partial charge in [-0.25, -0.2) is 0 Å². The van der Waals surface area contributed by atoms with E-state index in [0.717, 1.165) is 43.5 Å². The summed E-state index contributed by atoms with van der Waals surface area (Å²) in [6.45, 7) is 6.33. The predicted molar refractivity (Wildman–Crippen MR) is 98.4 cm³/mol. The molecule has 5 heteroatoms. The summed E-state index contributed by atoms with van der Waals surface area (Å²) in [5, 5.41) is 2.78. The Bertz CT molecular complexity index is 590. The fraction of sp³-hybridized carbons (Fsp3) is 0.600. The zero-order chi connectivity index (χ0) is 18.4. The third-order valence-electron chi connectivity index (χ3n) is 4.66. The molecule has 1 heterocycles. The van der Waals surface area contributed by atoms with Crippen LogP contribution < -0.4 is 10.1 Å². The minimum atomic E-state index is -0.492. The van der Waals surface area contributed by atoms with Crippen molar-refractivity contribution in [1.82, 2.24) is 10.2 Å². The van der Waals surface area contributed by atoms with Crippen molar-refractivity contribution in [1.29, 1.82) is 0 Å². The maximum atomic E-state index is 12.8. The van der Waals surface area contributed by atoms with E-state index in [-0.39, 0.29) is 24.4 Å². The number of rotatable bonds is 4. The monoisotopic (exact) mass is 346 g/mol. The van der Waals surface area contributed by atoms with Crippen LogP contribution in [0.15, 0.2) is 24.3 Å². The highest BCUT2D eigenvalue weighted by molar-refractivity contribution is 5.87. The van der Waals surface area contributed by atoms with Crippen LogP contribution in [-0.4, -0.2) is 36.9 Å². The average Bonchev–Trinajstić information content (AvgIpc) is 2.84. The van der Waals surface area contributed by atoms with Gasteiger partial charge in [0.1, 0.15) is 5.75 Å². The third kappa shape index (κ3) is 5.21. The second kappa shape index (κ2) is 8.37. The van der Waals surface area contributed by atoms with Gasteiger partial charge in [0, 0.05) is 12.0 Å². The van der Waals surface area contributed by atoms with Gasteiger partial charge >= 0.3 is 0 Å². The Balaban J connectivity index is 2.10. The first-order valence-corrected chi connectivity index (χ1v) is 9.04. The highest BCUT2D eigenvalue weighted by Crippen LogP contribution is 2.31. The molecule has 2 amide bonds. The molecule has 1 unspecified atom stereocenters. The van der Waals surface area contributed by atoms with Gasteiger partial charge in [-0.1, -0.05) is 45.7 Å². The summed E-state index contributed by atoms with van der Waals surface area (Å²) in [7, 11) is 1.65. The fourth-order valence-corrected chi connectivity index (χ4v) is 3.10. The largest absolute Gasteiger partial charge is 0.497 e. The summed E-state index contributed by atoms with van der Waals surface area (Å²) in [6.07, 6.45) is 4.19. The smallest absolute Gasteiger partial charge is 0.242 e. The van der Waals surface area contributed by atoms with E-state index in [2.05, 4.69) is 5.32 Å². The van der Waals surface area contributed by atoms with Crippen LogP contribution in [0.1, 0.15) is 58.1 Å². The molecule has 1 aliphatic rings. The van der Waals surface area contributed by atoms with E-state index in [1.165, 1.54) is 0 Å². The molecule has 1 atom stereocenters. The van der Waals surface area contributed by atoms with Crippen molar-refractivity contribution < 1.29 is 14.3 Å². The molecule has 0 saturated carbocycles. The Hall–Kier alpha value is -2.04. The molecule has 1 aromatic rings. The SMILES string of the molecule is COc1ccc(C2CCCCCN2C(=O)CNC(=O)C(C)(C)C)cc1. The maximum absolute atomic E-state index is 12.8. The molecule has 1 saturated heterocycles. The van der Waals surface area contributed by atoms with Gasteiger partial charge in [-0.2, -0.15) is 0 Å². The van der Waals surface area contributed by atoms with Gasteiger partial charge in [-0.15, -0.1) is 0 Å². The normalized spacial score (nSPS) is 18.4. The Labute approximate surface area is 150 Å². The Morgan fingerprint density at radius 1 is 1.16 bits per heavy atom. The van der Waals surface area contributed by atoms with Gasteiger partial charge in [0.05, 0.1) is 19.7 Å². The van der Waals surface area contributed by atoms with Crippen molar-refractivity contribution in [3.8, 4) is 5.75 Å². The summed E-state index contributed by atoms with van der Waals surface area (Å²) >= 11 is 0. The molecule has 0 radical (unpaired) electrons. The molecule has 0 aromatic heterocycles. The van der Waals surface area contributed by atoms with Gasteiger partial charge in [0.2, 0.25) is 11.8 Å². The van der Waals surface area contributed by atoms with Crippen molar-refractivity contribution in [2.24, 2.45) is 5.41 Å². The second-order valence-electron chi connectivity index (χ2n) is 7.66. The number of carbonyl (C=O) groups excluding carboxylic acids is 2. The van der Waals surface area contributed by atoms with Crippen LogP contribution in [-0.2, 0) is 9.59 Å². The number of hydrogen-bond donors (Lipinski definition) is 1. The Morgan fingerprint density at radius 3 is 2.44 bits per heavy atom. The number of hydrogen-bond acceptors (Lipinski definition) is 3. The van der Waals surface area contributed by atoms with E-state index in [1.807, 2.05) is 49.9 Å². The molecule has 1 fully saturated rings. The average molecular weight is 346 g/mol. The van der Waals surface area contributed by atoms with E-state index >= 15 is 0 Å². The van der Waals surface area contributed by atoms with Crippen molar-refractivity contribution in [2.45, 2.75) is 52.5 Å². The zero-order valence-corrected chi connectivity index (χ0v) is 15.8. The minimum Gasteiger partial charge on any atom is -0.497 e. The molecule has 25 heavy (non-hydrogen) atoms. The van der Waals surface area contributed by atoms with Gasteiger partial charge in [0.25, 0.3) is 0 Å². The van der Waals surface area contributed by atoms with Gasteiger partial charge in [-0.3, -0.25) is 9.59 Å². The molecule has 1 aromatic carbocycles. The summed E-state index contributed by atoms with van der Waals surface area (Å²) in [4.78, 5) is 26.7. The van der Waals surface area contributed by atoms with Crippen molar-refractivity contribution in [3.63, 3.8) is 0 Å². The van der Waals surface area contributed by atoms with Crippen LogP contribution in [0.4, 0.5) is 0 Å². The third-order valence-corrected chi connectivity index (χ3v) is 4.66. The van der Waals surface area contributed by atoms with Crippen LogP contribution in [0.2, 0.25) is 0 Å². The van der Waals surface area contributed by atoms with Crippen LogP contribution in [0, 0.1) is 5.41 Å². The first kappa shape index (κ1) is 19.3. The number of likely N-dealkylation sites (tertiary alicyclic amines) is 1. The number of nitrogens with zero attached hydrogens (tertiary/aromatic N) is 1. The lowest BCUT2D eigenvalue weighted by molar-refractivity contribution is -0.136. The summed E-state index contributed by atoms with van der Waals surface area (Å²) < 4.78 is 5.22. The minimum absolute atomic E-state index is 0.0136. The number of carbonyl (C=O) groups is 2. The van der Waals surface area contributed by atoms with E-state index in [4.69, 9.17) is 4.74 Å². The maximum Gasteiger partial charge on any atom is 0.242 e. The molecule has 1 aliphatic heterocycles. The van der Waals surface area contributed by atoms with Crippen LogP contribution >= 0.6 is 0 Å². The number of amides is 2. The summed E-state index contributed by atoms with van der Waals surface area (Å²) in [5.41, 5.74) is 0.632. The first-order chi connectivity index (χ1) is 11.8. The molecule has 138 valence electrons. The quantitative estimate of drug-likeness (QED) is 0.910. The van der Waals surface area contributed by atoms with Crippen LogP contribution in [0.3, 0.4) is 0 Å². The Morgan fingerprint density at radius 2 is 1.84 bits per heavy atom. The van der Waals surface area contributed by atoms with Crippen molar-refractivity contribution in [2.75, 3.05) is 20.2 Å². The van der Waals surface area contributed by atoms with E-state index in [0.29, 0.717) is 0 Å². The van der Waals surface area contributed by atoms with Crippen molar-refractivity contribution in [3.05, 3.63) is 29.8 Å². The molecule has 0 spiro atoms. The number of ether oxygens (including phenoxy) is 1. The topological polar surface area (TPSA) is 58.6 Å². The molecule has 0 aliphatic carbocycles. The molecular formula is C20H30N2O3. The van der Waals surface area contributed by atoms with Gasteiger partial charge < -0.3 is 15.0 Å². The molecule has 5 nitrogen and oxygen atoms in total. The highest BCUT2D eigenvalue weighted by atomic mass is 16.5. The van der Waals surface area contributed by atoms with Crippen molar-refractivity contribution >= 4 is 11.8 Å². The van der Waals surface area contributed by atoms with Gasteiger partial charge in [-0.05, 0) is 30.5 Å².